The Labute approximate surface area is 193 Å². The van der Waals surface area contributed by atoms with Crippen LogP contribution >= 0.6 is 12.2 Å². The second-order valence-corrected chi connectivity index (χ2v) is 8.78. The predicted molar refractivity (Wildman–Crippen MR) is 133 cm³/mol. The maximum absolute atomic E-state index is 12.8. The lowest BCUT2D eigenvalue weighted by atomic mass is 9.98. The molecule has 3 aromatic carbocycles. The van der Waals surface area contributed by atoms with Crippen molar-refractivity contribution in [3.05, 3.63) is 77.9 Å². The number of nitrogens with zero attached hydrogens (tertiary/aromatic N) is 1. The third-order valence-electron chi connectivity index (χ3n) is 5.92. The van der Waals surface area contributed by atoms with Gasteiger partial charge in [-0.15, -0.1) is 0 Å². The van der Waals surface area contributed by atoms with Crippen LogP contribution in [0.5, 0.6) is 0 Å². The van der Waals surface area contributed by atoms with E-state index in [1.54, 1.807) is 6.07 Å². The first-order valence-electron chi connectivity index (χ1n) is 11.0. The van der Waals surface area contributed by atoms with Gasteiger partial charge < -0.3 is 15.5 Å². The molecule has 2 N–H and O–H groups in total. The van der Waals surface area contributed by atoms with Crippen molar-refractivity contribution in [3.8, 4) is 0 Å². The number of fused-ring (bicyclic) bond motifs is 1. The summed E-state index contributed by atoms with van der Waals surface area (Å²) in [5.41, 5.74) is 2.25. The summed E-state index contributed by atoms with van der Waals surface area (Å²) in [6, 6.07) is 21.2. The smallest absolute Gasteiger partial charge is 0.253 e. The van der Waals surface area contributed by atoms with E-state index in [1.165, 1.54) is 0 Å². The first kappa shape index (κ1) is 22.0. The number of carbonyl (C=O) groups is 2. The zero-order chi connectivity index (χ0) is 22.5. The van der Waals surface area contributed by atoms with E-state index in [1.807, 2.05) is 65.6 Å². The van der Waals surface area contributed by atoms with Crippen LogP contribution < -0.4 is 10.6 Å². The molecule has 0 radical (unpaired) electrons. The average Bonchev–Trinajstić information content (AvgIpc) is 2.79. The summed E-state index contributed by atoms with van der Waals surface area (Å²) in [7, 11) is 0. The minimum atomic E-state index is -0.187. The Balaban J connectivity index is 1.36. The van der Waals surface area contributed by atoms with Crippen molar-refractivity contribution in [1.29, 1.82) is 0 Å². The van der Waals surface area contributed by atoms with E-state index in [0.29, 0.717) is 17.2 Å². The number of thiocarbonyl (C=S) groups is 1. The van der Waals surface area contributed by atoms with Crippen LogP contribution in [0.25, 0.3) is 10.8 Å². The van der Waals surface area contributed by atoms with Gasteiger partial charge in [0.05, 0.1) is 6.42 Å². The third-order valence-corrected chi connectivity index (χ3v) is 6.13. The second kappa shape index (κ2) is 9.92. The Hall–Kier alpha value is -3.25. The highest BCUT2D eigenvalue weighted by atomic mass is 32.1. The van der Waals surface area contributed by atoms with Crippen LogP contribution in [0.1, 0.15) is 35.7 Å². The highest BCUT2D eigenvalue weighted by Crippen LogP contribution is 2.20. The molecule has 32 heavy (non-hydrogen) atoms. The predicted octanol–water partition coefficient (Wildman–Crippen LogP) is 4.77. The first-order valence-corrected chi connectivity index (χ1v) is 11.4. The molecule has 0 aliphatic carbocycles. The molecule has 6 heteroatoms. The van der Waals surface area contributed by atoms with E-state index in [0.717, 1.165) is 42.3 Å². The molecule has 1 fully saturated rings. The van der Waals surface area contributed by atoms with Crippen molar-refractivity contribution in [2.45, 2.75) is 26.2 Å². The maximum atomic E-state index is 12.8. The quantitative estimate of drug-likeness (QED) is 0.568. The lowest BCUT2D eigenvalue weighted by Crippen LogP contribution is -2.38. The molecule has 3 aromatic rings. The van der Waals surface area contributed by atoms with Gasteiger partial charge in [-0.05, 0) is 65.5 Å². The molecule has 1 aliphatic rings. The van der Waals surface area contributed by atoms with Crippen LogP contribution in [0.15, 0.2) is 66.7 Å². The Bertz CT molecular complexity index is 1150. The van der Waals surface area contributed by atoms with E-state index >= 15 is 0 Å². The Morgan fingerprint density at radius 3 is 2.53 bits per heavy atom. The van der Waals surface area contributed by atoms with Gasteiger partial charge in [0.2, 0.25) is 5.91 Å². The molecule has 164 valence electrons. The molecule has 0 aromatic heterocycles. The van der Waals surface area contributed by atoms with Gasteiger partial charge in [0, 0.05) is 24.3 Å². The fourth-order valence-corrected chi connectivity index (χ4v) is 4.31. The third kappa shape index (κ3) is 5.32. The summed E-state index contributed by atoms with van der Waals surface area (Å²) in [4.78, 5) is 27.3. The van der Waals surface area contributed by atoms with Gasteiger partial charge in [0.15, 0.2) is 5.11 Å². The molecular formula is C26H27N3O2S. The molecule has 1 heterocycles. The lowest BCUT2D eigenvalue weighted by Gasteiger charge is -2.30. The normalized spacial score (nSPS) is 14.2. The lowest BCUT2D eigenvalue weighted by molar-refractivity contribution is -0.119. The zero-order valence-corrected chi connectivity index (χ0v) is 19.0. The number of anilines is 1. The fraction of sp³-hybridized carbons (Fsp3) is 0.269. The zero-order valence-electron chi connectivity index (χ0n) is 18.1. The second-order valence-electron chi connectivity index (χ2n) is 8.37. The highest BCUT2D eigenvalue weighted by Gasteiger charge is 2.21. The van der Waals surface area contributed by atoms with Gasteiger partial charge in [0.1, 0.15) is 0 Å². The maximum Gasteiger partial charge on any atom is 0.253 e. The van der Waals surface area contributed by atoms with E-state index < -0.39 is 0 Å². The molecule has 4 rings (SSSR count). The van der Waals surface area contributed by atoms with Gasteiger partial charge >= 0.3 is 0 Å². The van der Waals surface area contributed by atoms with E-state index in [9.17, 15) is 9.59 Å². The topological polar surface area (TPSA) is 61.4 Å². The first-order chi connectivity index (χ1) is 15.5. The van der Waals surface area contributed by atoms with Gasteiger partial charge in [-0.2, -0.15) is 0 Å². The number of carbonyl (C=O) groups excluding carboxylic acids is 2. The van der Waals surface area contributed by atoms with Crippen LogP contribution in [0, 0.1) is 5.92 Å². The minimum absolute atomic E-state index is 0.0338. The molecule has 0 spiro atoms. The van der Waals surface area contributed by atoms with Crippen molar-refractivity contribution in [3.63, 3.8) is 0 Å². The minimum Gasteiger partial charge on any atom is -0.339 e. The van der Waals surface area contributed by atoms with Gasteiger partial charge in [-0.25, -0.2) is 0 Å². The van der Waals surface area contributed by atoms with E-state index in [-0.39, 0.29) is 23.3 Å². The van der Waals surface area contributed by atoms with Crippen molar-refractivity contribution >= 4 is 45.6 Å². The molecule has 0 bridgehead atoms. The van der Waals surface area contributed by atoms with Crippen molar-refractivity contribution in [1.82, 2.24) is 10.2 Å². The molecule has 5 nitrogen and oxygen atoms in total. The number of likely N-dealkylation sites (tertiary alicyclic amines) is 1. The summed E-state index contributed by atoms with van der Waals surface area (Å²) in [5.74, 6) is 0.516. The number of piperidine rings is 1. The van der Waals surface area contributed by atoms with Crippen molar-refractivity contribution in [2.75, 3.05) is 18.4 Å². The van der Waals surface area contributed by atoms with E-state index in [2.05, 4.69) is 17.6 Å². The van der Waals surface area contributed by atoms with Gasteiger partial charge in [-0.3, -0.25) is 9.59 Å². The summed E-state index contributed by atoms with van der Waals surface area (Å²) in [6.45, 7) is 3.81. The SMILES string of the molecule is CC1CCN(C(=O)c2cccc(NC(=S)NC(=O)Cc3cccc4ccccc34)c2)CC1. The number of hydrogen-bond donors (Lipinski definition) is 2. The highest BCUT2D eigenvalue weighted by molar-refractivity contribution is 7.80. The van der Waals surface area contributed by atoms with Crippen LogP contribution in [0.2, 0.25) is 0 Å². The average molecular weight is 446 g/mol. The van der Waals surface area contributed by atoms with Crippen LogP contribution in [-0.2, 0) is 11.2 Å². The number of hydrogen-bond acceptors (Lipinski definition) is 3. The van der Waals surface area contributed by atoms with Crippen molar-refractivity contribution in [2.24, 2.45) is 5.92 Å². The number of nitrogens with one attached hydrogen (secondary N) is 2. The summed E-state index contributed by atoms with van der Waals surface area (Å²) < 4.78 is 0. The number of benzene rings is 3. The van der Waals surface area contributed by atoms with Gasteiger partial charge in [0.25, 0.3) is 5.91 Å². The van der Waals surface area contributed by atoms with Gasteiger partial charge in [-0.1, -0.05) is 55.5 Å². The van der Waals surface area contributed by atoms with Crippen LogP contribution in [-0.4, -0.2) is 34.9 Å². The van der Waals surface area contributed by atoms with Crippen LogP contribution in [0.4, 0.5) is 5.69 Å². The molecule has 2 amide bonds. The Kier molecular flexibility index (Phi) is 6.81. The summed E-state index contributed by atoms with van der Waals surface area (Å²) in [5, 5.41) is 8.15. The number of amides is 2. The van der Waals surface area contributed by atoms with Crippen molar-refractivity contribution < 1.29 is 9.59 Å². The monoisotopic (exact) mass is 445 g/mol. The molecule has 0 atom stereocenters. The Morgan fingerprint density at radius 1 is 1.00 bits per heavy atom. The molecule has 1 aliphatic heterocycles. The molecule has 0 saturated carbocycles. The fourth-order valence-electron chi connectivity index (χ4n) is 4.08. The van der Waals surface area contributed by atoms with E-state index in [4.69, 9.17) is 12.2 Å². The largest absolute Gasteiger partial charge is 0.339 e. The molecule has 0 unspecified atom stereocenters. The summed E-state index contributed by atoms with van der Waals surface area (Å²) in [6.07, 6.45) is 2.31. The molecule has 1 saturated heterocycles. The standard InChI is InChI=1S/C26H27N3O2S/c1-18-12-14-29(15-13-18)25(31)21-9-5-10-22(16-21)27-26(32)28-24(30)17-20-8-4-7-19-6-2-3-11-23(19)20/h2-11,16,18H,12-15,17H2,1H3,(H2,27,28,30,32). The summed E-state index contributed by atoms with van der Waals surface area (Å²) >= 11 is 5.33. The molecular weight excluding hydrogens is 418 g/mol. The Morgan fingerprint density at radius 2 is 1.72 bits per heavy atom. The van der Waals surface area contributed by atoms with Crippen LogP contribution in [0.3, 0.4) is 0 Å². The number of rotatable bonds is 4.